The molecule has 0 saturated carbocycles. The lowest BCUT2D eigenvalue weighted by atomic mass is 10.3. The first-order chi connectivity index (χ1) is 9.13. The Kier molecular flexibility index (Phi) is 3.66. The number of rotatable bonds is 3. The first-order valence-corrected chi connectivity index (χ1v) is 5.75. The van der Waals surface area contributed by atoms with Crippen LogP contribution in [0.2, 0.25) is 0 Å². The number of benzene rings is 1. The van der Waals surface area contributed by atoms with Gasteiger partial charge >= 0.3 is 0 Å². The number of aldehydes is 1. The molecule has 2 rings (SSSR count). The van der Waals surface area contributed by atoms with E-state index in [2.05, 4.69) is 0 Å². The molecule has 98 valence electrons. The third kappa shape index (κ3) is 2.65. The van der Waals surface area contributed by atoms with Crippen molar-refractivity contribution in [1.29, 1.82) is 0 Å². The van der Waals surface area contributed by atoms with E-state index >= 15 is 0 Å². The number of hydrogen-bond donors (Lipinski definition) is 0. The van der Waals surface area contributed by atoms with E-state index in [-0.39, 0.29) is 11.0 Å². The van der Waals surface area contributed by atoms with Crippen LogP contribution in [0.3, 0.4) is 0 Å². The normalized spacial score (nSPS) is 12.7. The SMILES string of the molecule is CN(C)/C=c1/c(=O)n(-c2ccccc2)o/c1=C/C=O. The quantitative estimate of drug-likeness (QED) is 0.710. The molecule has 1 aromatic heterocycles. The Morgan fingerprint density at radius 3 is 2.47 bits per heavy atom. The minimum absolute atomic E-state index is 0.248. The maximum atomic E-state index is 12.3. The molecule has 0 fully saturated rings. The van der Waals surface area contributed by atoms with Crippen molar-refractivity contribution in [3.8, 4) is 5.69 Å². The maximum absolute atomic E-state index is 12.3. The van der Waals surface area contributed by atoms with Gasteiger partial charge in [-0.2, -0.15) is 0 Å². The minimum Gasteiger partial charge on any atom is -0.383 e. The highest BCUT2D eigenvalue weighted by atomic mass is 16.5. The molecule has 0 bridgehead atoms. The van der Waals surface area contributed by atoms with E-state index in [9.17, 15) is 9.59 Å². The lowest BCUT2D eigenvalue weighted by Crippen LogP contribution is -2.36. The monoisotopic (exact) mass is 258 g/mol. The van der Waals surface area contributed by atoms with Gasteiger partial charge in [0.2, 0.25) is 0 Å². The van der Waals surface area contributed by atoms with Crippen molar-refractivity contribution in [3.05, 3.63) is 51.3 Å². The second-order valence-corrected chi connectivity index (χ2v) is 4.20. The van der Waals surface area contributed by atoms with Crippen LogP contribution < -0.4 is 16.2 Å². The van der Waals surface area contributed by atoms with Crippen LogP contribution in [-0.2, 0) is 4.79 Å². The van der Waals surface area contributed by atoms with Gasteiger partial charge in [-0.3, -0.25) is 9.59 Å². The number of nitrogens with zero attached hydrogens (tertiary/aromatic N) is 2. The molecule has 0 aliphatic rings. The molecule has 19 heavy (non-hydrogen) atoms. The van der Waals surface area contributed by atoms with Gasteiger partial charge < -0.3 is 9.42 Å². The number of aromatic nitrogens is 1. The standard InChI is InChI=1S/C14H14N2O3/c1-15(2)10-12-13(8-9-17)19-16(14(12)18)11-6-4-3-5-7-11/h3-10H,1-2H3/b12-10+,13-8+. The molecule has 0 aliphatic carbocycles. The van der Waals surface area contributed by atoms with Gasteiger partial charge in [0.1, 0.15) is 11.5 Å². The van der Waals surface area contributed by atoms with E-state index in [1.54, 1.807) is 37.3 Å². The van der Waals surface area contributed by atoms with E-state index < -0.39 is 0 Å². The summed E-state index contributed by atoms with van der Waals surface area (Å²) in [6.07, 6.45) is 3.46. The lowest BCUT2D eigenvalue weighted by Gasteiger charge is -2.00. The third-order valence-electron chi connectivity index (χ3n) is 2.47. The molecular formula is C14H14N2O3. The van der Waals surface area contributed by atoms with Crippen LogP contribution in [0.25, 0.3) is 18.0 Å². The van der Waals surface area contributed by atoms with Crippen molar-refractivity contribution in [2.45, 2.75) is 0 Å². The van der Waals surface area contributed by atoms with Crippen molar-refractivity contribution in [1.82, 2.24) is 9.64 Å². The summed E-state index contributed by atoms with van der Waals surface area (Å²) in [5.74, 6) is 0. The summed E-state index contributed by atoms with van der Waals surface area (Å²) in [4.78, 5) is 24.6. The Morgan fingerprint density at radius 2 is 1.89 bits per heavy atom. The Bertz CT molecular complexity index is 739. The molecule has 5 nitrogen and oxygen atoms in total. The molecule has 0 amide bonds. The smallest absolute Gasteiger partial charge is 0.296 e. The van der Waals surface area contributed by atoms with Crippen LogP contribution in [0, 0.1) is 0 Å². The van der Waals surface area contributed by atoms with Crippen LogP contribution in [-0.4, -0.2) is 30.0 Å². The van der Waals surface area contributed by atoms with E-state index in [1.165, 1.54) is 10.8 Å². The molecule has 1 heterocycles. The zero-order valence-corrected chi connectivity index (χ0v) is 10.7. The largest absolute Gasteiger partial charge is 0.383 e. The second-order valence-electron chi connectivity index (χ2n) is 4.20. The highest BCUT2D eigenvalue weighted by Crippen LogP contribution is 2.00. The van der Waals surface area contributed by atoms with Crippen LogP contribution >= 0.6 is 0 Å². The van der Waals surface area contributed by atoms with Gasteiger partial charge in [0, 0.05) is 26.4 Å². The van der Waals surface area contributed by atoms with Gasteiger partial charge in [0.05, 0.1) is 5.69 Å². The summed E-state index contributed by atoms with van der Waals surface area (Å²) in [6, 6.07) is 8.98. The maximum Gasteiger partial charge on any atom is 0.296 e. The minimum atomic E-state index is -0.298. The van der Waals surface area contributed by atoms with Crippen LogP contribution in [0.15, 0.2) is 39.6 Å². The van der Waals surface area contributed by atoms with Gasteiger partial charge in [0.25, 0.3) is 5.56 Å². The molecule has 0 radical (unpaired) electrons. The Morgan fingerprint density at radius 1 is 1.21 bits per heavy atom. The van der Waals surface area contributed by atoms with Crippen LogP contribution in [0.4, 0.5) is 0 Å². The highest BCUT2D eigenvalue weighted by Gasteiger charge is 2.07. The molecule has 0 aliphatic heterocycles. The summed E-state index contributed by atoms with van der Waals surface area (Å²) in [7, 11) is 3.59. The van der Waals surface area contributed by atoms with Crippen molar-refractivity contribution in [3.63, 3.8) is 0 Å². The zero-order chi connectivity index (χ0) is 13.8. The van der Waals surface area contributed by atoms with Crippen molar-refractivity contribution in [2.75, 3.05) is 14.1 Å². The molecule has 0 unspecified atom stereocenters. The Balaban J connectivity index is 2.78. The fourth-order valence-electron chi connectivity index (χ4n) is 1.70. The number of carbonyl (C=O) groups is 1. The molecular weight excluding hydrogens is 244 g/mol. The fraction of sp³-hybridized carbons (Fsp3) is 0.143. The molecule has 0 saturated heterocycles. The fourth-order valence-corrected chi connectivity index (χ4v) is 1.70. The Labute approximate surface area is 109 Å². The first kappa shape index (κ1) is 12.9. The van der Waals surface area contributed by atoms with Crippen molar-refractivity contribution >= 4 is 18.6 Å². The van der Waals surface area contributed by atoms with Crippen LogP contribution in [0.5, 0.6) is 0 Å². The average molecular weight is 258 g/mol. The van der Waals surface area contributed by atoms with Gasteiger partial charge in [-0.15, -0.1) is 4.74 Å². The summed E-state index contributed by atoms with van der Waals surface area (Å²) in [5.41, 5.74) is 0.567. The molecule has 0 atom stereocenters. The van der Waals surface area contributed by atoms with Gasteiger partial charge in [-0.25, -0.2) is 0 Å². The first-order valence-electron chi connectivity index (χ1n) is 5.75. The molecule has 2 aromatic rings. The van der Waals surface area contributed by atoms with E-state index in [1.807, 2.05) is 18.2 Å². The van der Waals surface area contributed by atoms with Gasteiger partial charge in [-0.05, 0) is 12.1 Å². The van der Waals surface area contributed by atoms with Gasteiger partial charge in [0.15, 0.2) is 5.42 Å². The summed E-state index contributed by atoms with van der Waals surface area (Å²) in [6.45, 7) is 0. The molecule has 5 heteroatoms. The topological polar surface area (TPSA) is 55.5 Å². The van der Waals surface area contributed by atoms with Crippen LogP contribution in [0.1, 0.15) is 0 Å². The summed E-state index contributed by atoms with van der Waals surface area (Å²) in [5, 5.41) is 0.348. The van der Waals surface area contributed by atoms with E-state index in [0.717, 1.165) is 0 Å². The average Bonchev–Trinajstić information content (AvgIpc) is 2.69. The molecule has 0 spiro atoms. The number of carbonyl (C=O) groups excluding carboxylic acids is 1. The lowest BCUT2D eigenvalue weighted by molar-refractivity contribution is -0.103. The summed E-state index contributed by atoms with van der Waals surface area (Å²) < 4.78 is 6.60. The zero-order valence-electron chi connectivity index (χ0n) is 10.7. The predicted molar refractivity (Wildman–Crippen MR) is 72.2 cm³/mol. The third-order valence-corrected chi connectivity index (χ3v) is 2.47. The highest BCUT2D eigenvalue weighted by molar-refractivity contribution is 5.85. The van der Waals surface area contributed by atoms with Crippen molar-refractivity contribution in [2.24, 2.45) is 0 Å². The molecule has 1 aromatic carbocycles. The summed E-state index contributed by atoms with van der Waals surface area (Å²) >= 11 is 0. The molecule has 0 N–H and O–H groups in total. The predicted octanol–water partition coefficient (Wildman–Crippen LogP) is -0.291. The van der Waals surface area contributed by atoms with E-state index in [0.29, 0.717) is 17.2 Å². The number of para-hydroxylation sites is 1. The number of hydrogen-bond acceptors (Lipinski definition) is 4. The van der Waals surface area contributed by atoms with E-state index in [4.69, 9.17) is 4.52 Å². The van der Waals surface area contributed by atoms with Gasteiger partial charge in [-0.1, -0.05) is 18.2 Å². The van der Waals surface area contributed by atoms with Crippen molar-refractivity contribution < 1.29 is 9.32 Å². The Hall–Kier alpha value is -2.56. The second kappa shape index (κ2) is 5.39.